The molecular formula is C23H20N2O7S. The summed E-state index contributed by atoms with van der Waals surface area (Å²) in [4.78, 5) is 21.9. The fourth-order valence-corrected chi connectivity index (χ4v) is 4.32. The van der Waals surface area contributed by atoms with Crippen LogP contribution in [0.1, 0.15) is 24.0 Å². The van der Waals surface area contributed by atoms with Crippen molar-refractivity contribution < 1.29 is 33.0 Å². The highest BCUT2D eigenvalue weighted by Gasteiger charge is 2.26. The predicted molar refractivity (Wildman–Crippen MR) is 118 cm³/mol. The number of carboxylic acid groups (broad SMARTS) is 2. The van der Waals surface area contributed by atoms with E-state index in [4.69, 9.17) is 15.1 Å². The summed E-state index contributed by atoms with van der Waals surface area (Å²) in [5.74, 6) is -2.10. The molecule has 170 valence electrons. The number of nitrogens with one attached hydrogen (secondary N) is 1. The van der Waals surface area contributed by atoms with E-state index < -0.39 is 34.4 Å². The van der Waals surface area contributed by atoms with E-state index in [-0.39, 0.29) is 11.3 Å². The van der Waals surface area contributed by atoms with Crippen LogP contribution < -0.4 is 9.46 Å². The fraction of sp³-hybridized carbons (Fsp3) is 0.174. The van der Waals surface area contributed by atoms with Crippen LogP contribution in [0.2, 0.25) is 0 Å². The summed E-state index contributed by atoms with van der Waals surface area (Å²) >= 11 is 0. The number of benzene rings is 3. The van der Waals surface area contributed by atoms with Gasteiger partial charge in [-0.25, -0.2) is 8.42 Å². The molecule has 10 heteroatoms. The zero-order chi connectivity index (χ0) is 24.0. The number of aliphatic carboxylic acids is 2. The average Bonchev–Trinajstić information content (AvgIpc) is 2.80. The SMILES string of the molecule is N#Cc1ccc(COc2ccc3cc(S(=O)(=O)NC(CCC(=O)O)C(=O)O)ccc3c2)cc1. The number of hydrogen-bond acceptors (Lipinski definition) is 6. The quantitative estimate of drug-likeness (QED) is 0.410. The van der Waals surface area contributed by atoms with Crippen molar-refractivity contribution in [3.05, 3.63) is 71.8 Å². The first kappa shape index (κ1) is 23.7. The van der Waals surface area contributed by atoms with Crippen LogP contribution in [0.4, 0.5) is 0 Å². The maximum atomic E-state index is 12.6. The second-order valence-corrected chi connectivity index (χ2v) is 8.93. The average molecular weight is 468 g/mol. The molecule has 0 heterocycles. The summed E-state index contributed by atoms with van der Waals surface area (Å²) in [5.41, 5.74) is 1.44. The molecule has 1 unspecified atom stereocenters. The van der Waals surface area contributed by atoms with Gasteiger partial charge in [0.05, 0.1) is 16.5 Å². The summed E-state index contributed by atoms with van der Waals surface area (Å²) in [6.07, 6.45) is -0.861. The van der Waals surface area contributed by atoms with Gasteiger partial charge < -0.3 is 14.9 Å². The fourth-order valence-electron chi connectivity index (χ4n) is 3.06. The monoisotopic (exact) mass is 468 g/mol. The third kappa shape index (κ3) is 6.29. The number of nitriles is 1. The molecule has 0 aromatic heterocycles. The Hall–Kier alpha value is -3.94. The number of hydrogen-bond donors (Lipinski definition) is 3. The molecule has 3 N–H and O–H groups in total. The van der Waals surface area contributed by atoms with E-state index in [0.717, 1.165) is 5.56 Å². The zero-order valence-electron chi connectivity index (χ0n) is 17.3. The lowest BCUT2D eigenvalue weighted by molar-refractivity contribution is -0.140. The van der Waals surface area contributed by atoms with Gasteiger partial charge in [-0.3, -0.25) is 9.59 Å². The third-order valence-electron chi connectivity index (χ3n) is 4.82. The molecule has 1 atom stereocenters. The van der Waals surface area contributed by atoms with E-state index in [1.165, 1.54) is 12.1 Å². The van der Waals surface area contributed by atoms with Crippen molar-refractivity contribution in [1.82, 2.24) is 4.72 Å². The van der Waals surface area contributed by atoms with Crippen LogP contribution in [-0.4, -0.2) is 36.6 Å². The number of nitrogens with zero attached hydrogens (tertiary/aromatic N) is 1. The Labute approximate surface area is 189 Å². The van der Waals surface area contributed by atoms with Crippen molar-refractivity contribution in [2.45, 2.75) is 30.4 Å². The molecule has 9 nitrogen and oxygen atoms in total. The second-order valence-electron chi connectivity index (χ2n) is 7.21. The van der Waals surface area contributed by atoms with Crippen molar-refractivity contribution in [3.8, 4) is 11.8 Å². The maximum absolute atomic E-state index is 12.6. The first-order valence-corrected chi connectivity index (χ1v) is 11.3. The standard InChI is InChI=1S/C23H20N2O7S/c24-13-15-1-3-16(4-2-15)14-32-19-7-5-18-12-20(8-6-17(18)11-19)33(30,31)25-21(23(28)29)9-10-22(26)27/h1-8,11-12,21,25H,9-10,14H2,(H,26,27)(H,28,29). The topological polar surface area (TPSA) is 154 Å². The van der Waals surface area contributed by atoms with Gasteiger partial charge in [0, 0.05) is 6.42 Å². The molecule has 0 amide bonds. The molecule has 0 radical (unpaired) electrons. The molecule has 0 spiro atoms. The summed E-state index contributed by atoms with van der Waals surface area (Å²) < 4.78 is 33.1. The van der Waals surface area contributed by atoms with Crippen LogP contribution in [0.25, 0.3) is 10.8 Å². The first-order chi connectivity index (χ1) is 15.7. The van der Waals surface area contributed by atoms with Gasteiger partial charge in [-0.05, 0) is 59.2 Å². The molecule has 0 aliphatic heterocycles. The molecule has 0 bridgehead atoms. The van der Waals surface area contributed by atoms with Crippen LogP contribution >= 0.6 is 0 Å². The van der Waals surface area contributed by atoms with E-state index in [1.54, 1.807) is 48.5 Å². The van der Waals surface area contributed by atoms with Gasteiger partial charge in [-0.2, -0.15) is 9.98 Å². The molecule has 3 aromatic rings. The lowest BCUT2D eigenvalue weighted by atomic mass is 10.1. The number of sulfonamides is 1. The molecule has 3 aromatic carbocycles. The Balaban J connectivity index is 1.74. The van der Waals surface area contributed by atoms with Gasteiger partial charge in [0.1, 0.15) is 18.4 Å². The second kappa shape index (κ2) is 10.1. The van der Waals surface area contributed by atoms with Crippen LogP contribution in [0, 0.1) is 11.3 Å². The van der Waals surface area contributed by atoms with Crippen LogP contribution in [0.3, 0.4) is 0 Å². The minimum atomic E-state index is -4.18. The summed E-state index contributed by atoms with van der Waals surface area (Å²) in [6.45, 7) is 0.292. The van der Waals surface area contributed by atoms with E-state index >= 15 is 0 Å². The summed E-state index contributed by atoms with van der Waals surface area (Å²) in [7, 11) is -4.18. The smallest absolute Gasteiger partial charge is 0.321 e. The minimum absolute atomic E-state index is 0.136. The predicted octanol–water partition coefficient (Wildman–Crippen LogP) is 2.89. The molecular weight excluding hydrogens is 448 g/mol. The highest BCUT2D eigenvalue weighted by Crippen LogP contribution is 2.25. The van der Waals surface area contributed by atoms with E-state index in [2.05, 4.69) is 4.72 Å². The van der Waals surface area contributed by atoms with Crippen LogP contribution in [-0.2, 0) is 26.2 Å². The normalized spacial score (nSPS) is 12.1. The Morgan fingerprint density at radius 2 is 1.67 bits per heavy atom. The van der Waals surface area contributed by atoms with Gasteiger partial charge >= 0.3 is 11.9 Å². The number of ether oxygens (including phenoxy) is 1. The van der Waals surface area contributed by atoms with Gasteiger partial charge in [0.15, 0.2) is 0 Å². The van der Waals surface area contributed by atoms with Crippen molar-refractivity contribution in [2.24, 2.45) is 0 Å². The van der Waals surface area contributed by atoms with Crippen LogP contribution in [0.15, 0.2) is 65.6 Å². The largest absolute Gasteiger partial charge is 0.489 e. The van der Waals surface area contributed by atoms with Gasteiger partial charge in [0.25, 0.3) is 0 Å². The number of carbonyl (C=O) groups is 2. The number of rotatable bonds is 10. The van der Waals surface area contributed by atoms with Gasteiger partial charge in [0.2, 0.25) is 10.0 Å². The van der Waals surface area contributed by atoms with E-state index in [9.17, 15) is 23.1 Å². The lowest BCUT2D eigenvalue weighted by Gasteiger charge is -2.14. The molecule has 0 saturated heterocycles. The van der Waals surface area contributed by atoms with Crippen molar-refractivity contribution in [1.29, 1.82) is 5.26 Å². The van der Waals surface area contributed by atoms with Crippen molar-refractivity contribution >= 4 is 32.7 Å². The molecule has 0 saturated carbocycles. The van der Waals surface area contributed by atoms with Crippen molar-refractivity contribution in [2.75, 3.05) is 0 Å². The summed E-state index contributed by atoms with van der Waals surface area (Å²) in [5, 5.41) is 28.1. The molecule has 33 heavy (non-hydrogen) atoms. The first-order valence-electron chi connectivity index (χ1n) is 9.80. The Morgan fingerprint density at radius 3 is 2.30 bits per heavy atom. The van der Waals surface area contributed by atoms with Gasteiger partial charge in [-0.15, -0.1) is 0 Å². The lowest BCUT2D eigenvalue weighted by Crippen LogP contribution is -2.41. The summed E-state index contributed by atoms with van der Waals surface area (Å²) in [6, 6.07) is 16.9. The van der Waals surface area contributed by atoms with Gasteiger partial charge in [-0.1, -0.05) is 24.3 Å². The number of fused-ring (bicyclic) bond motifs is 1. The Kier molecular flexibility index (Phi) is 7.27. The third-order valence-corrected chi connectivity index (χ3v) is 6.29. The minimum Gasteiger partial charge on any atom is -0.489 e. The maximum Gasteiger partial charge on any atom is 0.321 e. The van der Waals surface area contributed by atoms with Crippen LogP contribution in [0.5, 0.6) is 5.75 Å². The molecule has 0 fully saturated rings. The van der Waals surface area contributed by atoms with Crippen molar-refractivity contribution in [3.63, 3.8) is 0 Å². The Bertz CT molecular complexity index is 1330. The molecule has 0 aliphatic rings. The highest BCUT2D eigenvalue weighted by molar-refractivity contribution is 7.89. The highest BCUT2D eigenvalue weighted by atomic mass is 32.2. The zero-order valence-corrected chi connectivity index (χ0v) is 18.1. The molecule has 3 rings (SSSR count). The molecule has 0 aliphatic carbocycles. The van der Waals surface area contributed by atoms with E-state index in [1.807, 2.05) is 6.07 Å². The Morgan fingerprint density at radius 1 is 1.00 bits per heavy atom. The number of carboxylic acids is 2. The van der Waals surface area contributed by atoms with E-state index in [0.29, 0.717) is 28.7 Å².